The lowest BCUT2D eigenvalue weighted by Crippen LogP contribution is -2.12. The third kappa shape index (κ3) is 3.58. The predicted octanol–water partition coefficient (Wildman–Crippen LogP) is 3.31. The van der Waals surface area contributed by atoms with Crippen LogP contribution >= 0.6 is 23.2 Å². The van der Waals surface area contributed by atoms with Crippen LogP contribution in [0.1, 0.15) is 31.7 Å². The van der Waals surface area contributed by atoms with E-state index >= 15 is 0 Å². The van der Waals surface area contributed by atoms with E-state index in [4.69, 9.17) is 27.9 Å². The van der Waals surface area contributed by atoms with Crippen LogP contribution in [0.4, 0.5) is 0 Å². The summed E-state index contributed by atoms with van der Waals surface area (Å²) in [7, 11) is 1.65. The summed E-state index contributed by atoms with van der Waals surface area (Å²) in [6.07, 6.45) is 2.45. The number of ether oxygens (including phenoxy) is 1. The van der Waals surface area contributed by atoms with E-state index in [2.05, 4.69) is 16.9 Å². The minimum absolute atomic E-state index is 0.0594. The average Bonchev–Trinajstić information content (AvgIpc) is 2.23. The summed E-state index contributed by atoms with van der Waals surface area (Å²) in [4.78, 5) is 8.46. The van der Waals surface area contributed by atoms with E-state index in [0.29, 0.717) is 22.6 Å². The maximum absolute atomic E-state index is 6.06. The minimum Gasteiger partial charge on any atom is -0.381 e. The van der Waals surface area contributed by atoms with Gasteiger partial charge in [-0.05, 0) is 13.3 Å². The Morgan fingerprint density at radius 1 is 1.25 bits per heavy atom. The number of methoxy groups -OCH3 is 1. The first-order valence-corrected chi connectivity index (χ1v) is 6.07. The van der Waals surface area contributed by atoms with Gasteiger partial charge in [-0.15, -0.1) is 0 Å². The van der Waals surface area contributed by atoms with Crippen molar-refractivity contribution in [1.82, 2.24) is 9.97 Å². The smallest absolute Gasteiger partial charge is 0.137 e. The first kappa shape index (κ1) is 13.7. The maximum Gasteiger partial charge on any atom is 0.137 e. The lowest BCUT2D eigenvalue weighted by Gasteiger charge is -2.10. The number of hydrogen-bond acceptors (Lipinski definition) is 3. The molecule has 0 spiro atoms. The average molecular weight is 263 g/mol. The molecule has 0 aromatic carbocycles. The van der Waals surface area contributed by atoms with Crippen LogP contribution in [0.3, 0.4) is 0 Å². The molecule has 0 amide bonds. The highest BCUT2D eigenvalue weighted by Crippen LogP contribution is 2.23. The second-order valence-electron chi connectivity index (χ2n) is 3.70. The zero-order valence-corrected chi connectivity index (χ0v) is 11.3. The molecule has 1 aromatic rings. The lowest BCUT2D eigenvalue weighted by atomic mass is 10.2. The highest BCUT2D eigenvalue weighted by molar-refractivity contribution is 6.34. The summed E-state index contributed by atoms with van der Waals surface area (Å²) in [5.41, 5.74) is 0.833. The van der Waals surface area contributed by atoms with E-state index in [1.165, 1.54) is 0 Å². The Morgan fingerprint density at radius 3 is 2.25 bits per heavy atom. The topological polar surface area (TPSA) is 35.0 Å². The second kappa shape index (κ2) is 6.38. The fourth-order valence-electron chi connectivity index (χ4n) is 1.36. The van der Waals surface area contributed by atoms with Gasteiger partial charge in [0.15, 0.2) is 0 Å². The first-order valence-electron chi connectivity index (χ1n) is 5.32. The van der Waals surface area contributed by atoms with Crippen LogP contribution in [0.15, 0.2) is 0 Å². The Kier molecular flexibility index (Phi) is 5.46. The molecule has 0 aliphatic carbocycles. The molecule has 0 N–H and O–H groups in total. The number of aromatic nitrogens is 2. The standard InChI is InChI=1S/C11H16Cl2N2O/c1-4-5-8-10(12)14-9(15-11(8)13)6-7(2)16-3/h7H,4-6H2,1-3H3. The third-order valence-corrected chi connectivity index (χ3v) is 2.95. The maximum atomic E-state index is 6.06. The van der Waals surface area contributed by atoms with Crippen LogP contribution in [0.5, 0.6) is 0 Å². The van der Waals surface area contributed by atoms with Gasteiger partial charge in [-0.1, -0.05) is 36.5 Å². The van der Waals surface area contributed by atoms with E-state index in [0.717, 1.165) is 18.4 Å². The molecule has 0 saturated carbocycles. The Balaban J connectivity index is 2.91. The monoisotopic (exact) mass is 262 g/mol. The second-order valence-corrected chi connectivity index (χ2v) is 4.42. The molecule has 0 bridgehead atoms. The SMILES string of the molecule is CCCc1c(Cl)nc(CC(C)OC)nc1Cl. The van der Waals surface area contributed by atoms with Crippen LogP contribution < -0.4 is 0 Å². The summed E-state index contributed by atoms with van der Waals surface area (Å²) in [6, 6.07) is 0. The van der Waals surface area contributed by atoms with Gasteiger partial charge in [-0.25, -0.2) is 9.97 Å². The molecular formula is C11H16Cl2N2O. The quantitative estimate of drug-likeness (QED) is 0.764. The fourth-order valence-corrected chi connectivity index (χ4v) is 1.97. The number of halogens is 2. The Labute approximate surface area is 106 Å². The van der Waals surface area contributed by atoms with Gasteiger partial charge in [0.2, 0.25) is 0 Å². The van der Waals surface area contributed by atoms with E-state index in [1.807, 2.05) is 6.92 Å². The third-order valence-electron chi connectivity index (χ3n) is 2.32. The highest BCUT2D eigenvalue weighted by Gasteiger charge is 2.12. The van der Waals surface area contributed by atoms with Crippen molar-refractivity contribution in [1.29, 1.82) is 0 Å². The van der Waals surface area contributed by atoms with Crippen molar-refractivity contribution >= 4 is 23.2 Å². The van der Waals surface area contributed by atoms with Gasteiger partial charge in [-0.3, -0.25) is 0 Å². The molecule has 0 aliphatic rings. The lowest BCUT2D eigenvalue weighted by molar-refractivity contribution is 0.117. The first-order chi connectivity index (χ1) is 7.58. The van der Waals surface area contributed by atoms with Crippen LogP contribution in [0.2, 0.25) is 10.3 Å². The van der Waals surface area contributed by atoms with Crippen LogP contribution in [-0.4, -0.2) is 23.2 Å². The van der Waals surface area contributed by atoms with Gasteiger partial charge in [0.1, 0.15) is 16.1 Å². The van der Waals surface area contributed by atoms with Crippen molar-refractivity contribution in [2.75, 3.05) is 7.11 Å². The van der Waals surface area contributed by atoms with E-state index in [-0.39, 0.29) is 6.10 Å². The van der Waals surface area contributed by atoms with Gasteiger partial charge in [-0.2, -0.15) is 0 Å². The van der Waals surface area contributed by atoms with Crippen molar-refractivity contribution in [2.24, 2.45) is 0 Å². The highest BCUT2D eigenvalue weighted by atomic mass is 35.5. The summed E-state index contributed by atoms with van der Waals surface area (Å²) in [6.45, 7) is 4.01. The summed E-state index contributed by atoms with van der Waals surface area (Å²) in [5.74, 6) is 0.629. The molecule has 0 radical (unpaired) electrons. The molecule has 1 heterocycles. The molecule has 0 fully saturated rings. The Morgan fingerprint density at radius 2 is 1.81 bits per heavy atom. The van der Waals surface area contributed by atoms with Crippen molar-refractivity contribution in [3.8, 4) is 0 Å². The molecule has 16 heavy (non-hydrogen) atoms. The Bertz CT molecular complexity index is 335. The summed E-state index contributed by atoms with van der Waals surface area (Å²) >= 11 is 12.1. The van der Waals surface area contributed by atoms with Gasteiger partial charge in [0.05, 0.1) is 6.10 Å². The number of hydrogen-bond donors (Lipinski definition) is 0. The Hall–Kier alpha value is -0.380. The summed E-state index contributed by atoms with van der Waals surface area (Å²) < 4.78 is 5.15. The van der Waals surface area contributed by atoms with Gasteiger partial charge < -0.3 is 4.74 Å². The normalized spacial score (nSPS) is 12.8. The minimum atomic E-state index is 0.0594. The molecule has 0 saturated heterocycles. The van der Waals surface area contributed by atoms with Crippen molar-refractivity contribution in [3.05, 3.63) is 21.7 Å². The molecule has 3 nitrogen and oxygen atoms in total. The summed E-state index contributed by atoms with van der Waals surface area (Å²) in [5, 5.41) is 0.917. The van der Waals surface area contributed by atoms with Gasteiger partial charge in [0.25, 0.3) is 0 Å². The molecule has 1 aromatic heterocycles. The molecule has 1 atom stereocenters. The van der Waals surface area contributed by atoms with Gasteiger partial charge in [0, 0.05) is 19.1 Å². The number of rotatable bonds is 5. The van der Waals surface area contributed by atoms with E-state index < -0.39 is 0 Å². The predicted molar refractivity (Wildman–Crippen MR) is 66.2 cm³/mol. The van der Waals surface area contributed by atoms with Crippen LogP contribution in [0.25, 0.3) is 0 Å². The van der Waals surface area contributed by atoms with E-state index in [1.54, 1.807) is 7.11 Å². The van der Waals surface area contributed by atoms with Gasteiger partial charge >= 0.3 is 0 Å². The zero-order valence-electron chi connectivity index (χ0n) is 9.76. The number of nitrogens with zero attached hydrogens (tertiary/aromatic N) is 2. The van der Waals surface area contributed by atoms with Crippen LogP contribution in [0, 0.1) is 0 Å². The fraction of sp³-hybridized carbons (Fsp3) is 0.636. The molecule has 0 aliphatic heterocycles. The van der Waals surface area contributed by atoms with Crippen molar-refractivity contribution < 1.29 is 4.74 Å². The molecule has 5 heteroatoms. The molecule has 90 valence electrons. The van der Waals surface area contributed by atoms with Crippen molar-refractivity contribution in [2.45, 2.75) is 39.2 Å². The molecule has 1 unspecified atom stereocenters. The zero-order chi connectivity index (χ0) is 12.1. The molecule has 1 rings (SSSR count). The molecular weight excluding hydrogens is 247 g/mol. The largest absolute Gasteiger partial charge is 0.381 e. The van der Waals surface area contributed by atoms with Crippen molar-refractivity contribution in [3.63, 3.8) is 0 Å². The van der Waals surface area contributed by atoms with E-state index in [9.17, 15) is 0 Å². The van der Waals surface area contributed by atoms with Crippen LogP contribution in [-0.2, 0) is 17.6 Å².